The Morgan fingerprint density at radius 1 is 1.36 bits per heavy atom. The first-order valence-corrected chi connectivity index (χ1v) is 8.21. The first-order chi connectivity index (χ1) is 10.5. The monoisotopic (exact) mass is 304 g/mol. The Kier molecular flexibility index (Phi) is 5.83. The second-order valence-electron chi connectivity index (χ2n) is 6.36. The first-order valence-electron chi connectivity index (χ1n) is 8.21. The molecule has 4 heteroatoms. The van der Waals surface area contributed by atoms with Gasteiger partial charge in [0.2, 0.25) is 5.91 Å². The molecule has 0 aliphatic carbocycles. The van der Waals surface area contributed by atoms with Crippen LogP contribution in [-0.2, 0) is 4.79 Å². The summed E-state index contributed by atoms with van der Waals surface area (Å²) in [4.78, 5) is 12.0. The van der Waals surface area contributed by atoms with Crippen LogP contribution in [-0.4, -0.2) is 31.1 Å². The maximum absolute atomic E-state index is 12.0. The van der Waals surface area contributed by atoms with Crippen molar-refractivity contribution in [3.05, 3.63) is 28.8 Å². The number of ether oxygens (including phenoxy) is 1. The minimum Gasteiger partial charge on any atom is -0.493 e. The Balaban J connectivity index is 1.80. The van der Waals surface area contributed by atoms with Crippen molar-refractivity contribution in [1.29, 1.82) is 0 Å². The first kappa shape index (κ1) is 16.8. The van der Waals surface area contributed by atoms with E-state index in [1.54, 1.807) is 0 Å². The predicted octanol–water partition coefficient (Wildman–Crippen LogP) is 2.64. The van der Waals surface area contributed by atoms with Crippen LogP contribution in [0.5, 0.6) is 5.75 Å². The third kappa shape index (κ3) is 4.47. The van der Waals surface area contributed by atoms with Gasteiger partial charge in [-0.2, -0.15) is 0 Å². The van der Waals surface area contributed by atoms with E-state index < -0.39 is 0 Å². The Bertz CT molecular complexity index is 528. The number of nitrogens with one attached hydrogen (secondary N) is 2. The van der Waals surface area contributed by atoms with Crippen molar-refractivity contribution < 1.29 is 9.53 Å². The van der Waals surface area contributed by atoms with Gasteiger partial charge in [0.1, 0.15) is 5.75 Å². The molecule has 1 amide bonds. The highest BCUT2D eigenvalue weighted by molar-refractivity contribution is 5.76. The molecule has 0 bridgehead atoms. The van der Waals surface area contributed by atoms with Crippen LogP contribution in [0.2, 0.25) is 0 Å². The van der Waals surface area contributed by atoms with Crippen LogP contribution in [0.3, 0.4) is 0 Å². The number of aryl methyl sites for hydroxylation is 2. The number of amides is 1. The van der Waals surface area contributed by atoms with Crippen LogP contribution in [0.4, 0.5) is 0 Å². The van der Waals surface area contributed by atoms with Crippen LogP contribution in [0, 0.1) is 20.8 Å². The maximum atomic E-state index is 12.0. The quantitative estimate of drug-likeness (QED) is 0.879. The van der Waals surface area contributed by atoms with Crippen molar-refractivity contribution in [2.75, 3.05) is 13.2 Å². The molecule has 1 saturated heterocycles. The third-order valence-corrected chi connectivity index (χ3v) is 4.46. The summed E-state index contributed by atoms with van der Waals surface area (Å²) < 4.78 is 5.81. The van der Waals surface area contributed by atoms with Gasteiger partial charge in [-0.15, -0.1) is 0 Å². The molecule has 4 nitrogen and oxygen atoms in total. The molecule has 0 saturated carbocycles. The van der Waals surface area contributed by atoms with Crippen LogP contribution in [0.15, 0.2) is 12.1 Å². The smallest absolute Gasteiger partial charge is 0.223 e. The van der Waals surface area contributed by atoms with E-state index >= 15 is 0 Å². The fourth-order valence-corrected chi connectivity index (χ4v) is 2.92. The molecule has 1 heterocycles. The highest BCUT2D eigenvalue weighted by atomic mass is 16.5. The van der Waals surface area contributed by atoms with Crippen LogP contribution in [0.1, 0.15) is 42.9 Å². The largest absolute Gasteiger partial charge is 0.493 e. The molecular formula is C18H28N2O2. The van der Waals surface area contributed by atoms with Crippen molar-refractivity contribution in [3.63, 3.8) is 0 Å². The van der Waals surface area contributed by atoms with E-state index in [9.17, 15) is 4.79 Å². The van der Waals surface area contributed by atoms with Crippen LogP contribution < -0.4 is 15.4 Å². The second kappa shape index (κ2) is 7.63. The van der Waals surface area contributed by atoms with Crippen LogP contribution in [0.25, 0.3) is 0 Å². The zero-order valence-corrected chi connectivity index (χ0v) is 14.2. The molecule has 1 aromatic carbocycles. The van der Waals surface area contributed by atoms with Crippen molar-refractivity contribution in [2.45, 2.75) is 59.0 Å². The van der Waals surface area contributed by atoms with E-state index in [2.05, 4.69) is 44.4 Å². The average molecular weight is 304 g/mol. The summed E-state index contributed by atoms with van der Waals surface area (Å²) in [5.74, 6) is 0.959. The van der Waals surface area contributed by atoms with Gasteiger partial charge >= 0.3 is 0 Å². The molecule has 0 aromatic heterocycles. The minimum absolute atomic E-state index is 0.0718. The summed E-state index contributed by atoms with van der Waals surface area (Å²) in [6, 6.07) is 4.77. The van der Waals surface area contributed by atoms with Crippen molar-refractivity contribution in [3.8, 4) is 5.75 Å². The number of hydrogen-bond donors (Lipinski definition) is 2. The van der Waals surface area contributed by atoms with Gasteiger partial charge in [0.25, 0.3) is 0 Å². The van der Waals surface area contributed by atoms with Crippen molar-refractivity contribution in [1.82, 2.24) is 10.6 Å². The van der Waals surface area contributed by atoms with Gasteiger partial charge in [0, 0.05) is 12.1 Å². The summed E-state index contributed by atoms with van der Waals surface area (Å²) in [5, 5.41) is 6.50. The summed E-state index contributed by atoms with van der Waals surface area (Å²) in [7, 11) is 0. The molecule has 2 atom stereocenters. The van der Waals surface area contributed by atoms with E-state index in [0.29, 0.717) is 19.1 Å². The van der Waals surface area contributed by atoms with E-state index in [1.165, 1.54) is 11.1 Å². The van der Waals surface area contributed by atoms with Gasteiger partial charge in [-0.1, -0.05) is 6.07 Å². The number of rotatable bonds is 5. The maximum Gasteiger partial charge on any atom is 0.223 e. The van der Waals surface area contributed by atoms with E-state index in [-0.39, 0.29) is 11.9 Å². The normalized spacial score (nSPS) is 21.5. The highest BCUT2D eigenvalue weighted by Crippen LogP contribution is 2.23. The van der Waals surface area contributed by atoms with Gasteiger partial charge in [-0.3, -0.25) is 4.79 Å². The van der Waals surface area contributed by atoms with Crippen LogP contribution >= 0.6 is 0 Å². The fourth-order valence-electron chi connectivity index (χ4n) is 2.92. The SMILES string of the molecule is Cc1cc(C)c(C)c(OCCC(=O)NC2CCCNC2C)c1. The summed E-state index contributed by atoms with van der Waals surface area (Å²) >= 11 is 0. The zero-order chi connectivity index (χ0) is 16.1. The Morgan fingerprint density at radius 2 is 2.14 bits per heavy atom. The summed E-state index contributed by atoms with van der Waals surface area (Å²) in [6.07, 6.45) is 2.57. The van der Waals surface area contributed by atoms with E-state index in [4.69, 9.17) is 4.74 Å². The van der Waals surface area contributed by atoms with Gasteiger partial charge < -0.3 is 15.4 Å². The van der Waals surface area contributed by atoms with Crippen molar-refractivity contribution in [2.24, 2.45) is 0 Å². The lowest BCUT2D eigenvalue weighted by molar-refractivity contribution is -0.122. The molecule has 1 aliphatic heterocycles. The molecule has 1 aliphatic rings. The average Bonchev–Trinajstić information content (AvgIpc) is 2.46. The molecule has 2 N–H and O–H groups in total. The summed E-state index contributed by atoms with van der Waals surface area (Å²) in [6.45, 7) is 9.79. The molecule has 2 rings (SSSR count). The third-order valence-electron chi connectivity index (χ3n) is 4.46. The Morgan fingerprint density at radius 3 is 2.86 bits per heavy atom. The van der Waals surface area contributed by atoms with E-state index in [1.807, 2.05) is 6.07 Å². The summed E-state index contributed by atoms with van der Waals surface area (Å²) in [5.41, 5.74) is 3.56. The lowest BCUT2D eigenvalue weighted by Crippen LogP contribution is -2.52. The van der Waals surface area contributed by atoms with Gasteiger partial charge in [0.15, 0.2) is 0 Å². The minimum atomic E-state index is 0.0718. The standard InChI is InChI=1S/C18H28N2O2/c1-12-10-13(2)14(3)17(11-12)22-9-7-18(21)20-16-6-5-8-19-15(16)4/h10-11,15-16,19H,5-9H2,1-4H3,(H,20,21). The molecule has 1 aromatic rings. The molecule has 0 spiro atoms. The second-order valence-corrected chi connectivity index (χ2v) is 6.36. The number of carbonyl (C=O) groups excluding carboxylic acids is 1. The lowest BCUT2D eigenvalue weighted by Gasteiger charge is -2.30. The van der Waals surface area contributed by atoms with Gasteiger partial charge in [-0.05, 0) is 69.8 Å². The fraction of sp³-hybridized carbons (Fsp3) is 0.611. The molecule has 122 valence electrons. The molecule has 1 fully saturated rings. The number of benzene rings is 1. The molecular weight excluding hydrogens is 276 g/mol. The van der Waals surface area contributed by atoms with Crippen molar-refractivity contribution >= 4 is 5.91 Å². The zero-order valence-electron chi connectivity index (χ0n) is 14.2. The Hall–Kier alpha value is -1.55. The lowest BCUT2D eigenvalue weighted by atomic mass is 10.00. The molecule has 0 radical (unpaired) electrons. The van der Waals surface area contributed by atoms with E-state index in [0.717, 1.165) is 30.7 Å². The number of carbonyl (C=O) groups is 1. The molecule has 22 heavy (non-hydrogen) atoms. The molecule has 2 unspecified atom stereocenters. The van der Waals surface area contributed by atoms with Gasteiger partial charge in [-0.25, -0.2) is 0 Å². The predicted molar refractivity (Wildman–Crippen MR) is 89.4 cm³/mol. The number of hydrogen-bond acceptors (Lipinski definition) is 3. The number of piperidine rings is 1. The van der Waals surface area contributed by atoms with Gasteiger partial charge in [0.05, 0.1) is 13.0 Å². The highest BCUT2D eigenvalue weighted by Gasteiger charge is 2.22. The topological polar surface area (TPSA) is 50.4 Å². The Labute approximate surface area is 133 Å².